The lowest BCUT2D eigenvalue weighted by atomic mass is 9.83. The molecule has 118 valence electrons. The van der Waals surface area contributed by atoms with E-state index in [2.05, 4.69) is 5.32 Å². The minimum Gasteiger partial charge on any atom is -0.387 e. The molecular formula is C16H25ClN2O2. The molecule has 0 saturated heterocycles. The summed E-state index contributed by atoms with van der Waals surface area (Å²) in [4.78, 5) is 11.9. The molecule has 1 aromatic rings. The van der Waals surface area contributed by atoms with Crippen molar-refractivity contribution in [3.63, 3.8) is 0 Å². The van der Waals surface area contributed by atoms with Gasteiger partial charge in [0.15, 0.2) is 0 Å². The number of aliphatic hydroxyl groups is 1. The van der Waals surface area contributed by atoms with Crippen LogP contribution in [-0.4, -0.2) is 23.6 Å². The molecule has 2 rings (SSSR count). The van der Waals surface area contributed by atoms with Crippen molar-refractivity contribution in [1.82, 2.24) is 5.32 Å². The molecule has 21 heavy (non-hydrogen) atoms. The van der Waals surface area contributed by atoms with Crippen molar-refractivity contribution in [1.29, 1.82) is 0 Å². The van der Waals surface area contributed by atoms with Gasteiger partial charge in [-0.25, -0.2) is 0 Å². The first kappa shape index (κ1) is 18.0. The van der Waals surface area contributed by atoms with Crippen LogP contribution in [0.2, 0.25) is 0 Å². The number of carbonyl (C=O) groups excluding carboxylic acids is 1. The summed E-state index contributed by atoms with van der Waals surface area (Å²) < 4.78 is 0. The van der Waals surface area contributed by atoms with Gasteiger partial charge >= 0.3 is 0 Å². The summed E-state index contributed by atoms with van der Waals surface area (Å²) in [5.74, 6) is 0.278. The molecule has 0 heterocycles. The van der Waals surface area contributed by atoms with Crippen LogP contribution in [0.3, 0.4) is 0 Å². The average molecular weight is 313 g/mol. The van der Waals surface area contributed by atoms with Gasteiger partial charge in [0.25, 0.3) is 0 Å². The topological polar surface area (TPSA) is 75.4 Å². The highest BCUT2D eigenvalue weighted by atomic mass is 35.5. The molecule has 1 amide bonds. The van der Waals surface area contributed by atoms with Gasteiger partial charge in [-0.05, 0) is 24.3 Å². The normalized spacial score (nSPS) is 23.0. The fraction of sp³-hybridized carbons (Fsp3) is 0.562. The van der Waals surface area contributed by atoms with Crippen LogP contribution >= 0.6 is 12.4 Å². The first-order chi connectivity index (χ1) is 9.66. The number of nitrogens with one attached hydrogen (secondary N) is 1. The first-order valence-electron chi connectivity index (χ1n) is 7.42. The lowest BCUT2D eigenvalue weighted by Crippen LogP contribution is -2.38. The third kappa shape index (κ3) is 5.65. The fourth-order valence-electron chi connectivity index (χ4n) is 2.80. The van der Waals surface area contributed by atoms with Gasteiger partial charge in [-0.15, -0.1) is 12.4 Å². The summed E-state index contributed by atoms with van der Waals surface area (Å²) >= 11 is 0. The SMILES string of the molecule is Cl.NC1CCCCC1CC(=O)NCC(O)c1ccccc1. The Morgan fingerprint density at radius 2 is 1.95 bits per heavy atom. The molecule has 1 saturated carbocycles. The molecule has 4 nitrogen and oxygen atoms in total. The molecule has 1 fully saturated rings. The van der Waals surface area contributed by atoms with Gasteiger partial charge in [0.2, 0.25) is 5.91 Å². The lowest BCUT2D eigenvalue weighted by molar-refractivity contribution is -0.122. The number of halogens is 1. The van der Waals surface area contributed by atoms with E-state index in [4.69, 9.17) is 5.73 Å². The van der Waals surface area contributed by atoms with Gasteiger partial charge < -0.3 is 16.2 Å². The molecule has 0 aliphatic heterocycles. The van der Waals surface area contributed by atoms with Crippen molar-refractivity contribution in [2.75, 3.05) is 6.54 Å². The van der Waals surface area contributed by atoms with Crippen molar-refractivity contribution < 1.29 is 9.90 Å². The van der Waals surface area contributed by atoms with Crippen LogP contribution in [0.15, 0.2) is 30.3 Å². The van der Waals surface area contributed by atoms with Gasteiger partial charge in [0, 0.05) is 19.0 Å². The Morgan fingerprint density at radius 3 is 2.62 bits per heavy atom. The molecule has 0 aromatic heterocycles. The van der Waals surface area contributed by atoms with E-state index in [1.165, 1.54) is 6.42 Å². The van der Waals surface area contributed by atoms with E-state index < -0.39 is 6.10 Å². The Bertz CT molecular complexity index is 428. The van der Waals surface area contributed by atoms with Crippen molar-refractivity contribution in [2.45, 2.75) is 44.2 Å². The molecule has 1 aliphatic carbocycles. The molecule has 0 bridgehead atoms. The average Bonchev–Trinajstić information content (AvgIpc) is 2.48. The van der Waals surface area contributed by atoms with Crippen LogP contribution in [0.5, 0.6) is 0 Å². The number of rotatable bonds is 5. The highest BCUT2D eigenvalue weighted by Gasteiger charge is 2.24. The number of hydrogen-bond donors (Lipinski definition) is 3. The van der Waals surface area contributed by atoms with Gasteiger partial charge in [0.1, 0.15) is 0 Å². The second-order valence-electron chi connectivity index (χ2n) is 5.64. The molecule has 3 atom stereocenters. The smallest absolute Gasteiger partial charge is 0.220 e. The highest BCUT2D eigenvalue weighted by Crippen LogP contribution is 2.25. The van der Waals surface area contributed by atoms with Crippen LogP contribution in [0.4, 0.5) is 0 Å². The van der Waals surface area contributed by atoms with E-state index in [1.807, 2.05) is 30.3 Å². The minimum atomic E-state index is -0.653. The zero-order valence-electron chi connectivity index (χ0n) is 12.2. The van der Waals surface area contributed by atoms with Crippen LogP contribution in [0.25, 0.3) is 0 Å². The van der Waals surface area contributed by atoms with Gasteiger partial charge in [-0.1, -0.05) is 43.2 Å². The summed E-state index contributed by atoms with van der Waals surface area (Å²) in [6.07, 6.45) is 4.22. The number of carbonyl (C=O) groups is 1. The predicted octanol–water partition coefficient (Wildman–Crippen LogP) is 2.17. The summed E-state index contributed by atoms with van der Waals surface area (Å²) in [6, 6.07) is 9.51. The molecule has 1 aliphatic rings. The first-order valence-corrected chi connectivity index (χ1v) is 7.42. The maximum Gasteiger partial charge on any atom is 0.220 e. The number of nitrogens with two attached hydrogens (primary N) is 1. The van der Waals surface area contributed by atoms with Crippen molar-refractivity contribution in [2.24, 2.45) is 11.7 Å². The number of amides is 1. The zero-order valence-corrected chi connectivity index (χ0v) is 13.0. The van der Waals surface area contributed by atoms with E-state index >= 15 is 0 Å². The third-order valence-electron chi connectivity index (χ3n) is 4.09. The summed E-state index contributed by atoms with van der Waals surface area (Å²) in [6.45, 7) is 0.255. The molecule has 0 radical (unpaired) electrons. The van der Waals surface area contributed by atoms with Gasteiger partial charge in [-0.2, -0.15) is 0 Å². The highest BCUT2D eigenvalue weighted by molar-refractivity contribution is 5.85. The van der Waals surface area contributed by atoms with E-state index in [0.29, 0.717) is 6.42 Å². The molecule has 0 spiro atoms. The lowest BCUT2D eigenvalue weighted by Gasteiger charge is -2.28. The minimum absolute atomic E-state index is 0. The van der Waals surface area contributed by atoms with E-state index in [1.54, 1.807) is 0 Å². The maximum absolute atomic E-state index is 11.9. The third-order valence-corrected chi connectivity index (χ3v) is 4.09. The largest absolute Gasteiger partial charge is 0.387 e. The number of benzene rings is 1. The van der Waals surface area contributed by atoms with Crippen LogP contribution in [0, 0.1) is 5.92 Å². The fourth-order valence-corrected chi connectivity index (χ4v) is 2.80. The Labute approximate surface area is 132 Å². The Balaban J connectivity index is 0.00000220. The summed E-state index contributed by atoms with van der Waals surface area (Å²) in [5.41, 5.74) is 6.87. The van der Waals surface area contributed by atoms with Crippen molar-refractivity contribution in [3.8, 4) is 0 Å². The summed E-state index contributed by atoms with van der Waals surface area (Å²) in [5, 5.41) is 12.8. The Hall–Kier alpha value is -1.10. The standard InChI is InChI=1S/C16H24N2O2.ClH/c17-14-9-5-4-8-13(14)10-16(20)18-11-15(19)12-6-2-1-3-7-12;/h1-3,6-7,13-15,19H,4-5,8-11,17H2,(H,18,20);1H. The summed E-state index contributed by atoms with van der Waals surface area (Å²) in [7, 11) is 0. The second kappa shape index (κ2) is 9.03. The quantitative estimate of drug-likeness (QED) is 0.780. The van der Waals surface area contributed by atoms with E-state index in [9.17, 15) is 9.90 Å². The Kier molecular flexibility index (Phi) is 7.72. The number of hydrogen-bond acceptors (Lipinski definition) is 3. The Morgan fingerprint density at radius 1 is 1.29 bits per heavy atom. The van der Waals surface area contributed by atoms with Crippen molar-refractivity contribution >= 4 is 18.3 Å². The molecular weight excluding hydrogens is 288 g/mol. The van der Waals surface area contributed by atoms with E-state index in [0.717, 1.165) is 24.8 Å². The predicted molar refractivity (Wildman–Crippen MR) is 86.2 cm³/mol. The maximum atomic E-state index is 11.9. The monoisotopic (exact) mass is 312 g/mol. The molecule has 3 unspecified atom stereocenters. The number of aliphatic hydroxyl groups excluding tert-OH is 1. The van der Waals surface area contributed by atoms with Crippen LogP contribution in [0.1, 0.15) is 43.8 Å². The van der Waals surface area contributed by atoms with Gasteiger partial charge in [0.05, 0.1) is 6.10 Å². The van der Waals surface area contributed by atoms with E-state index in [-0.39, 0.29) is 36.8 Å². The second-order valence-corrected chi connectivity index (χ2v) is 5.64. The van der Waals surface area contributed by atoms with Crippen LogP contribution in [-0.2, 0) is 4.79 Å². The zero-order chi connectivity index (χ0) is 14.4. The molecule has 5 heteroatoms. The molecule has 4 N–H and O–H groups in total. The van der Waals surface area contributed by atoms with Gasteiger partial charge in [-0.3, -0.25) is 4.79 Å². The molecule has 1 aromatic carbocycles. The van der Waals surface area contributed by atoms with Crippen LogP contribution < -0.4 is 11.1 Å². The van der Waals surface area contributed by atoms with Crippen molar-refractivity contribution in [3.05, 3.63) is 35.9 Å².